The van der Waals surface area contributed by atoms with Gasteiger partial charge in [0.2, 0.25) is 0 Å². The van der Waals surface area contributed by atoms with Crippen LogP contribution in [0, 0.1) is 0 Å². The molecule has 2 fully saturated rings. The zero-order valence-corrected chi connectivity index (χ0v) is 9.52. The zero-order valence-electron chi connectivity index (χ0n) is 8.70. The molecular weight excluding hydrogens is 194 g/mol. The second-order valence-electron chi connectivity index (χ2n) is 4.26. The van der Waals surface area contributed by atoms with Crippen molar-refractivity contribution >= 4 is 17.7 Å². The number of hydrogen-bond acceptors (Lipinski definition) is 2. The van der Waals surface area contributed by atoms with E-state index in [2.05, 4.69) is 16.6 Å². The predicted octanol–water partition coefficient (Wildman–Crippen LogP) is 1.34. The van der Waals surface area contributed by atoms with E-state index in [-0.39, 0.29) is 0 Å². The summed E-state index contributed by atoms with van der Waals surface area (Å²) in [6, 6.07) is 1.09. The number of aliphatic imine (C=N–C) groups is 1. The van der Waals surface area contributed by atoms with Gasteiger partial charge in [-0.25, -0.2) is 0 Å². The van der Waals surface area contributed by atoms with E-state index in [1.54, 1.807) is 0 Å². The van der Waals surface area contributed by atoms with Gasteiger partial charge in [-0.05, 0) is 38.4 Å². The molecule has 0 aliphatic heterocycles. The number of nitrogens with zero attached hydrogens (tertiary/aromatic N) is 1. The van der Waals surface area contributed by atoms with Crippen molar-refractivity contribution in [1.82, 2.24) is 5.32 Å². The van der Waals surface area contributed by atoms with Crippen LogP contribution in [-0.4, -0.2) is 29.5 Å². The van der Waals surface area contributed by atoms with Crippen LogP contribution in [0.5, 0.6) is 0 Å². The van der Waals surface area contributed by atoms with E-state index in [0.717, 1.165) is 5.25 Å². The number of nitrogens with one attached hydrogen (secondary N) is 1. The summed E-state index contributed by atoms with van der Waals surface area (Å²) >= 11 is 1.97. The third-order valence-electron chi connectivity index (χ3n) is 2.94. The van der Waals surface area contributed by atoms with E-state index in [4.69, 9.17) is 5.73 Å². The van der Waals surface area contributed by atoms with Crippen molar-refractivity contribution in [2.45, 2.75) is 49.4 Å². The Kier molecular flexibility index (Phi) is 3.21. The lowest BCUT2D eigenvalue weighted by molar-refractivity contribution is 0.626. The Labute approximate surface area is 89.9 Å². The molecule has 0 aromatic rings. The highest BCUT2D eigenvalue weighted by Crippen LogP contribution is 2.28. The summed E-state index contributed by atoms with van der Waals surface area (Å²) in [5.41, 5.74) is 5.81. The molecule has 0 saturated heterocycles. The molecule has 2 aliphatic carbocycles. The first-order chi connectivity index (χ1) is 6.78. The van der Waals surface area contributed by atoms with Crippen LogP contribution in [0.1, 0.15) is 32.1 Å². The Morgan fingerprint density at radius 1 is 1.36 bits per heavy atom. The Balaban J connectivity index is 1.74. The number of nitrogens with two attached hydrogens (primary N) is 1. The van der Waals surface area contributed by atoms with Gasteiger partial charge >= 0.3 is 0 Å². The predicted molar refractivity (Wildman–Crippen MR) is 62.7 cm³/mol. The smallest absolute Gasteiger partial charge is 0.189 e. The lowest BCUT2D eigenvalue weighted by Crippen LogP contribution is -2.39. The molecular formula is C10H19N3S. The molecule has 2 aliphatic rings. The summed E-state index contributed by atoms with van der Waals surface area (Å²) in [5, 5.41) is 4.15. The van der Waals surface area contributed by atoms with Crippen molar-refractivity contribution in [1.29, 1.82) is 0 Å². The minimum Gasteiger partial charge on any atom is -0.370 e. The van der Waals surface area contributed by atoms with E-state index >= 15 is 0 Å². The molecule has 2 saturated carbocycles. The topological polar surface area (TPSA) is 50.4 Å². The maximum Gasteiger partial charge on any atom is 0.189 e. The first-order valence-electron chi connectivity index (χ1n) is 5.40. The van der Waals surface area contributed by atoms with E-state index in [9.17, 15) is 0 Å². The molecule has 0 radical (unpaired) electrons. The van der Waals surface area contributed by atoms with E-state index < -0.39 is 0 Å². The first kappa shape index (κ1) is 10.1. The molecule has 0 heterocycles. The summed E-state index contributed by atoms with van der Waals surface area (Å²) < 4.78 is 0. The van der Waals surface area contributed by atoms with Crippen LogP contribution in [-0.2, 0) is 0 Å². The van der Waals surface area contributed by atoms with Crippen molar-refractivity contribution in [3.05, 3.63) is 0 Å². The fourth-order valence-corrected chi connectivity index (χ4v) is 2.73. The van der Waals surface area contributed by atoms with Crippen LogP contribution in [0.15, 0.2) is 4.99 Å². The van der Waals surface area contributed by atoms with E-state index in [1.807, 2.05) is 11.8 Å². The third-order valence-corrected chi connectivity index (χ3v) is 4.03. The summed E-state index contributed by atoms with van der Waals surface area (Å²) in [4.78, 5) is 4.38. The molecule has 2 rings (SSSR count). The molecule has 3 nitrogen and oxygen atoms in total. The molecule has 4 heteroatoms. The Morgan fingerprint density at radius 2 is 2.14 bits per heavy atom. The first-order valence-corrected chi connectivity index (χ1v) is 6.69. The monoisotopic (exact) mass is 213 g/mol. The molecule has 3 N–H and O–H groups in total. The van der Waals surface area contributed by atoms with Crippen LogP contribution in [0.3, 0.4) is 0 Å². The molecule has 0 bridgehead atoms. The fraction of sp³-hybridized carbons (Fsp3) is 0.900. The number of guanidine groups is 1. The summed E-state index contributed by atoms with van der Waals surface area (Å²) in [5.74, 6) is 0.666. The average Bonchev–Trinajstić information content (AvgIpc) is 2.83. The van der Waals surface area contributed by atoms with Crippen molar-refractivity contribution in [2.24, 2.45) is 10.7 Å². The van der Waals surface area contributed by atoms with Crippen LogP contribution >= 0.6 is 11.8 Å². The quantitative estimate of drug-likeness (QED) is 0.549. The standard InChI is InChI=1S/C10H19N3S/c1-14-9-5-4-8(6-9)13-10(11)12-7-2-3-7/h7-9H,2-6H2,1H3,(H3,11,12,13). The van der Waals surface area contributed by atoms with E-state index in [1.165, 1.54) is 32.1 Å². The highest BCUT2D eigenvalue weighted by molar-refractivity contribution is 7.99. The Hall–Kier alpha value is -0.380. The molecule has 0 aromatic heterocycles. The van der Waals surface area contributed by atoms with Gasteiger partial charge in [0.1, 0.15) is 0 Å². The zero-order chi connectivity index (χ0) is 9.97. The van der Waals surface area contributed by atoms with Gasteiger partial charge in [-0.1, -0.05) is 0 Å². The second kappa shape index (κ2) is 4.43. The van der Waals surface area contributed by atoms with Gasteiger partial charge in [-0.2, -0.15) is 11.8 Å². The lowest BCUT2D eigenvalue weighted by atomic mass is 10.2. The molecule has 80 valence electrons. The maximum absolute atomic E-state index is 5.81. The molecule has 0 amide bonds. The van der Waals surface area contributed by atoms with Gasteiger partial charge in [-0.3, -0.25) is 4.99 Å². The van der Waals surface area contributed by atoms with Gasteiger partial charge < -0.3 is 11.1 Å². The largest absolute Gasteiger partial charge is 0.370 e. The third kappa shape index (κ3) is 2.80. The maximum atomic E-state index is 5.81. The van der Waals surface area contributed by atoms with Crippen LogP contribution < -0.4 is 11.1 Å². The van der Waals surface area contributed by atoms with Crippen molar-refractivity contribution in [3.63, 3.8) is 0 Å². The van der Waals surface area contributed by atoms with Gasteiger partial charge in [0, 0.05) is 11.3 Å². The van der Waals surface area contributed by atoms with Crippen molar-refractivity contribution in [2.75, 3.05) is 6.26 Å². The SMILES string of the molecule is CSC1CCC(NC(N)=NC2CC2)C1. The van der Waals surface area contributed by atoms with Crippen molar-refractivity contribution < 1.29 is 0 Å². The number of hydrogen-bond donors (Lipinski definition) is 2. The number of rotatable bonds is 3. The van der Waals surface area contributed by atoms with Gasteiger partial charge in [0.25, 0.3) is 0 Å². The minimum absolute atomic E-state index is 0.528. The molecule has 2 unspecified atom stereocenters. The Morgan fingerprint density at radius 3 is 2.71 bits per heavy atom. The molecule has 0 spiro atoms. The minimum atomic E-state index is 0.528. The molecule has 0 aromatic carbocycles. The lowest BCUT2D eigenvalue weighted by Gasteiger charge is -2.13. The highest BCUT2D eigenvalue weighted by atomic mass is 32.2. The van der Waals surface area contributed by atoms with Crippen molar-refractivity contribution in [3.8, 4) is 0 Å². The number of thioether (sulfide) groups is 1. The second-order valence-corrected chi connectivity index (χ2v) is 5.40. The average molecular weight is 213 g/mol. The Bertz CT molecular complexity index is 225. The van der Waals surface area contributed by atoms with Gasteiger partial charge in [0.05, 0.1) is 6.04 Å². The van der Waals surface area contributed by atoms with Gasteiger partial charge in [-0.15, -0.1) is 0 Å². The van der Waals surface area contributed by atoms with Gasteiger partial charge in [0.15, 0.2) is 5.96 Å². The summed E-state index contributed by atoms with van der Waals surface area (Å²) in [6.45, 7) is 0. The fourth-order valence-electron chi connectivity index (χ4n) is 1.93. The van der Waals surface area contributed by atoms with E-state index in [0.29, 0.717) is 18.0 Å². The molecule has 2 atom stereocenters. The van der Waals surface area contributed by atoms with Crippen LogP contribution in [0.25, 0.3) is 0 Å². The molecule has 14 heavy (non-hydrogen) atoms. The van der Waals surface area contributed by atoms with Crippen LogP contribution in [0.2, 0.25) is 0 Å². The van der Waals surface area contributed by atoms with Crippen LogP contribution in [0.4, 0.5) is 0 Å². The summed E-state index contributed by atoms with van der Waals surface area (Å²) in [7, 11) is 0. The normalized spacial score (nSPS) is 33.4. The summed E-state index contributed by atoms with van der Waals surface area (Å²) in [6.07, 6.45) is 8.43. The highest BCUT2D eigenvalue weighted by Gasteiger charge is 2.25.